The van der Waals surface area contributed by atoms with Crippen LogP contribution in [0, 0.1) is 5.41 Å². The van der Waals surface area contributed by atoms with Crippen molar-refractivity contribution >= 4 is 11.8 Å². The maximum absolute atomic E-state index is 13.3. The van der Waals surface area contributed by atoms with Gasteiger partial charge in [-0.05, 0) is 34.9 Å². The first kappa shape index (κ1) is 21.1. The number of aliphatic carboxylic acids is 1. The number of nitrogens with zero attached hydrogens (tertiary/aromatic N) is 1. The van der Waals surface area contributed by atoms with Crippen LogP contribution in [0.25, 0.3) is 11.1 Å². The summed E-state index contributed by atoms with van der Waals surface area (Å²) in [6.45, 7) is 6.19. The number of rotatable bonds is 4. The first-order chi connectivity index (χ1) is 14.7. The van der Waals surface area contributed by atoms with E-state index in [1.165, 1.54) is 0 Å². The third kappa shape index (κ3) is 3.71. The van der Waals surface area contributed by atoms with Crippen molar-refractivity contribution in [1.82, 2.24) is 4.90 Å². The highest BCUT2D eigenvalue weighted by molar-refractivity contribution is 6.03. The van der Waals surface area contributed by atoms with Gasteiger partial charge in [0.25, 0.3) is 0 Å². The minimum atomic E-state index is -0.954. The van der Waals surface area contributed by atoms with Gasteiger partial charge in [-0.15, -0.1) is 0 Å². The summed E-state index contributed by atoms with van der Waals surface area (Å²) in [7, 11) is 1.90. The van der Waals surface area contributed by atoms with Gasteiger partial charge in [-0.3, -0.25) is 4.79 Å². The molecule has 0 spiro atoms. The molecule has 2 aromatic carbocycles. The number of Topliss-reactive ketones (excluding diaryl/α,β-unsaturated/α-hetero) is 1. The Morgan fingerprint density at radius 2 is 1.65 bits per heavy atom. The third-order valence-corrected chi connectivity index (χ3v) is 6.51. The number of allylic oxidation sites excluding steroid dienone is 3. The summed E-state index contributed by atoms with van der Waals surface area (Å²) in [6, 6.07) is 18.1. The van der Waals surface area contributed by atoms with Crippen LogP contribution in [0.2, 0.25) is 0 Å². The predicted octanol–water partition coefficient (Wildman–Crippen LogP) is 5.77. The topological polar surface area (TPSA) is 57.6 Å². The molecular weight excluding hydrogens is 386 g/mol. The highest BCUT2D eigenvalue weighted by Gasteiger charge is 2.44. The summed E-state index contributed by atoms with van der Waals surface area (Å²) in [5, 5.41) is 10.2. The number of hydrogen-bond acceptors (Lipinski definition) is 3. The highest BCUT2D eigenvalue weighted by atomic mass is 16.4. The number of hydrogen-bond donors (Lipinski definition) is 1. The van der Waals surface area contributed by atoms with E-state index in [1.807, 2.05) is 61.3 Å². The normalized spacial score (nSPS) is 20.7. The minimum Gasteiger partial charge on any atom is -0.478 e. The largest absolute Gasteiger partial charge is 0.478 e. The molecule has 2 aliphatic rings. The van der Waals surface area contributed by atoms with Crippen molar-refractivity contribution in [1.29, 1.82) is 0 Å². The van der Waals surface area contributed by atoms with Crippen LogP contribution >= 0.6 is 0 Å². The maximum Gasteiger partial charge on any atom is 0.334 e. The molecule has 0 aromatic heterocycles. The van der Waals surface area contributed by atoms with Crippen LogP contribution in [0.15, 0.2) is 77.1 Å². The Balaban J connectivity index is 1.88. The van der Waals surface area contributed by atoms with Gasteiger partial charge in [0, 0.05) is 36.4 Å². The first-order valence-corrected chi connectivity index (χ1v) is 10.8. The van der Waals surface area contributed by atoms with Gasteiger partial charge < -0.3 is 10.0 Å². The summed E-state index contributed by atoms with van der Waals surface area (Å²) < 4.78 is 0. The second kappa shape index (κ2) is 7.84. The van der Waals surface area contributed by atoms with E-state index in [2.05, 4.69) is 26.0 Å². The Morgan fingerprint density at radius 1 is 1.03 bits per heavy atom. The molecule has 1 atom stereocenters. The monoisotopic (exact) mass is 415 g/mol. The number of carboxylic acids is 1. The fourth-order valence-electron chi connectivity index (χ4n) is 5.09. The van der Waals surface area contributed by atoms with Crippen molar-refractivity contribution in [2.24, 2.45) is 5.41 Å². The van der Waals surface area contributed by atoms with E-state index in [4.69, 9.17) is 0 Å². The average Bonchev–Trinajstić information content (AvgIpc) is 2.74. The molecule has 4 heteroatoms. The van der Waals surface area contributed by atoms with E-state index in [9.17, 15) is 14.7 Å². The summed E-state index contributed by atoms with van der Waals surface area (Å²) in [4.78, 5) is 27.7. The predicted molar refractivity (Wildman–Crippen MR) is 122 cm³/mol. The van der Waals surface area contributed by atoms with E-state index >= 15 is 0 Å². The van der Waals surface area contributed by atoms with Gasteiger partial charge >= 0.3 is 5.97 Å². The van der Waals surface area contributed by atoms with E-state index in [0.717, 1.165) is 34.5 Å². The van der Waals surface area contributed by atoms with Crippen LogP contribution in [0.3, 0.4) is 0 Å². The van der Waals surface area contributed by atoms with Crippen LogP contribution in [0.1, 0.15) is 51.5 Å². The fourth-order valence-corrected chi connectivity index (χ4v) is 5.09. The van der Waals surface area contributed by atoms with Crippen molar-refractivity contribution in [3.63, 3.8) is 0 Å². The molecule has 31 heavy (non-hydrogen) atoms. The Morgan fingerprint density at radius 3 is 2.23 bits per heavy atom. The van der Waals surface area contributed by atoms with Crippen LogP contribution in [0.5, 0.6) is 0 Å². The van der Waals surface area contributed by atoms with Crippen LogP contribution in [-0.2, 0) is 9.59 Å². The molecule has 0 fully saturated rings. The van der Waals surface area contributed by atoms with Gasteiger partial charge in [0.05, 0.1) is 5.57 Å². The summed E-state index contributed by atoms with van der Waals surface area (Å²) in [5.41, 5.74) is 5.64. The Labute approximate surface area is 183 Å². The SMILES string of the molecule is CCC1=C(C(=O)O)C(c2ccc(-c3ccccc3)cc2)C2=C(CC(C)(C)CC2=O)N1C. The van der Waals surface area contributed by atoms with Crippen LogP contribution in [0.4, 0.5) is 0 Å². The Kier molecular flexibility index (Phi) is 5.34. The van der Waals surface area contributed by atoms with Crippen molar-refractivity contribution in [2.75, 3.05) is 7.05 Å². The number of carbonyl (C=O) groups excluding carboxylic acids is 1. The van der Waals surface area contributed by atoms with Gasteiger partial charge in [-0.25, -0.2) is 4.79 Å². The number of ketones is 1. The van der Waals surface area contributed by atoms with Gasteiger partial charge in [-0.2, -0.15) is 0 Å². The molecule has 4 nitrogen and oxygen atoms in total. The van der Waals surface area contributed by atoms with Crippen molar-refractivity contribution in [2.45, 2.75) is 46.0 Å². The lowest BCUT2D eigenvalue weighted by atomic mass is 9.68. The van der Waals surface area contributed by atoms with Gasteiger partial charge in [-0.1, -0.05) is 75.4 Å². The summed E-state index contributed by atoms with van der Waals surface area (Å²) in [6.07, 6.45) is 1.80. The van der Waals surface area contributed by atoms with E-state index in [0.29, 0.717) is 24.0 Å². The third-order valence-electron chi connectivity index (χ3n) is 6.51. The molecular formula is C27H29NO3. The molecule has 2 aromatic rings. The molecule has 160 valence electrons. The average molecular weight is 416 g/mol. The van der Waals surface area contributed by atoms with Crippen molar-refractivity contribution in [3.8, 4) is 11.1 Å². The molecule has 1 aliphatic heterocycles. The van der Waals surface area contributed by atoms with Crippen molar-refractivity contribution in [3.05, 3.63) is 82.7 Å². The standard InChI is InChI=1S/C27H29NO3/c1-5-20-25(26(30)31)23(24-21(28(20)4)15-27(2,3)16-22(24)29)19-13-11-18(12-14-19)17-9-7-6-8-10-17/h6-14,23H,5,15-16H2,1-4H3,(H,30,31). The zero-order valence-corrected chi connectivity index (χ0v) is 18.6. The molecule has 1 aliphatic carbocycles. The van der Waals surface area contributed by atoms with Crippen molar-refractivity contribution < 1.29 is 14.7 Å². The maximum atomic E-state index is 13.3. The molecule has 1 N–H and O–H groups in total. The van der Waals surface area contributed by atoms with E-state index < -0.39 is 11.9 Å². The van der Waals surface area contributed by atoms with E-state index in [-0.39, 0.29) is 11.2 Å². The lowest BCUT2D eigenvalue weighted by Gasteiger charge is -2.44. The van der Waals surface area contributed by atoms with E-state index in [1.54, 1.807) is 0 Å². The minimum absolute atomic E-state index is 0.0594. The number of carbonyl (C=O) groups is 2. The van der Waals surface area contributed by atoms with Gasteiger partial charge in [0.2, 0.25) is 0 Å². The van der Waals surface area contributed by atoms with Crippen LogP contribution < -0.4 is 0 Å². The molecule has 0 saturated heterocycles. The first-order valence-electron chi connectivity index (χ1n) is 10.8. The smallest absolute Gasteiger partial charge is 0.334 e. The zero-order valence-electron chi connectivity index (χ0n) is 18.6. The summed E-state index contributed by atoms with van der Waals surface area (Å²) >= 11 is 0. The molecule has 1 unspecified atom stereocenters. The Hall–Kier alpha value is -3.14. The van der Waals surface area contributed by atoms with Crippen LogP contribution in [-0.4, -0.2) is 28.8 Å². The molecule has 1 heterocycles. The fraction of sp³-hybridized carbons (Fsp3) is 0.333. The molecule has 0 amide bonds. The lowest BCUT2D eigenvalue weighted by Crippen LogP contribution is -2.39. The highest BCUT2D eigenvalue weighted by Crippen LogP contribution is 2.50. The second-order valence-electron chi connectivity index (χ2n) is 9.30. The van der Waals surface area contributed by atoms with Gasteiger partial charge in [0.1, 0.15) is 0 Å². The molecule has 0 saturated carbocycles. The molecule has 0 bridgehead atoms. The van der Waals surface area contributed by atoms with Gasteiger partial charge in [0.15, 0.2) is 5.78 Å². The zero-order chi connectivity index (χ0) is 22.3. The number of benzene rings is 2. The second-order valence-corrected chi connectivity index (χ2v) is 9.30. The Bertz CT molecular complexity index is 1090. The molecule has 0 radical (unpaired) electrons. The lowest BCUT2D eigenvalue weighted by molar-refractivity contribution is -0.133. The number of carboxylic acid groups (broad SMARTS) is 1. The quantitative estimate of drug-likeness (QED) is 0.688. The molecule has 4 rings (SSSR count). The summed E-state index contributed by atoms with van der Waals surface area (Å²) in [5.74, 6) is -1.43.